The fraction of sp³-hybridized carbons (Fsp3) is 0.360. The largest absolute Gasteiger partial charge is 0.378 e. The average Bonchev–Trinajstić information content (AvgIpc) is 3.46. The van der Waals surface area contributed by atoms with Crippen LogP contribution in [0.3, 0.4) is 0 Å². The summed E-state index contributed by atoms with van der Waals surface area (Å²) in [5, 5.41) is 7.08. The number of benzene rings is 1. The highest BCUT2D eigenvalue weighted by molar-refractivity contribution is 5.62. The lowest BCUT2D eigenvalue weighted by atomic mass is 10.0. The molecule has 0 bridgehead atoms. The van der Waals surface area contributed by atoms with E-state index in [0.29, 0.717) is 12.0 Å². The highest BCUT2D eigenvalue weighted by Crippen LogP contribution is 2.24. The van der Waals surface area contributed by atoms with Crippen LogP contribution in [-0.4, -0.2) is 20.6 Å². The standard InChI is InChI=1S/C25H31N5/c1-4-23(20-10-6-5-7-11-20)27-19(3)21-14-15-30(17-21)24-18(2)16-26-25(29-24)28-22-12-8-9-13-22/h5-7,10-11,14-17,22-23,27H,3-4,8-9,12-13H2,1-2H3,(H,26,28,29). The zero-order valence-electron chi connectivity index (χ0n) is 17.9. The van der Waals surface area contributed by atoms with E-state index in [0.717, 1.165) is 29.1 Å². The van der Waals surface area contributed by atoms with Crippen LogP contribution in [0.1, 0.15) is 61.8 Å². The number of nitrogens with zero attached hydrogens (tertiary/aromatic N) is 3. The van der Waals surface area contributed by atoms with Crippen LogP contribution in [0.4, 0.5) is 5.95 Å². The van der Waals surface area contributed by atoms with Gasteiger partial charge >= 0.3 is 0 Å². The van der Waals surface area contributed by atoms with Crippen molar-refractivity contribution in [3.8, 4) is 5.82 Å². The SMILES string of the molecule is C=C(NC(CC)c1ccccc1)c1ccn(-c2nc(NC3CCCC3)ncc2C)c1. The number of hydrogen-bond donors (Lipinski definition) is 2. The summed E-state index contributed by atoms with van der Waals surface area (Å²) in [6.07, 6.45) is 12.0. The topological polar surface area (TPSA) is 54.8 Å². The van der Waals surface area contributed by atoms with Gasteiger partial charge in [-0.15, -0.1) is 0 Å². The second-order valence-corrected chi connectivity index (χ2v) is 8.13. The van der Waals surface area contributed by atoms with Crippen LogP contribution >= 0.6 is 0 Å². The van der Waals surface area contributed by atoms with Crippen LogP contribution in [-0.2, 0) is 0 Å². The Bertz CT molecular complexity index is 986. The molecule has 1 aliphatic carbocycles. The number of nitrogens with one attached hydrogen (secondary N) is 2. The molecule has 156 valence electrons. The van der Waals surface area contributed by atoms with Crippen molar-refractivity contribution in [3.05, 3.63) is 78.3 Å². The Morgan fingerprint density at radius 2 is 1.97 bits per heavy atom. The minimum absolute atomic E-state index is 0.241. The van der Waals surface area contributed by atoms with Gasteiger partial charge in [0.15, 0.2) is 0 Å². The lowest BCUT2D eigenvalue weighted by Gasteiger charge is -2.20. The van der Waals surface area contributed by atoms with Gasteiger partial charge in [-0.2, -0.15) is 4.98 Å². The first-order valence-electron chi connectivity index (χ1n) is 10.9. The van der Waals surface area contributed by atoms with E-state index in [4.69, 9.17) is 4.98 Å². The highest BCUT2D eigenvalue weighted by Gasteiger charge is 2.17. The van der Waals surface area contributed by atoms with Crippen LogP contribution in [0.2, 0.25) is 0 Å². The van der Waals surface area contributed by atoms with Crippen molar-refractivity contribution < 1.29 is 0 Å². The maximum absolute atomic E-state index is 4.79. The molecule has 1 aromatic carbocycles. The summed E-state index contributed by atoms with van der Waals surface area (Å²) in [6, 6.07) is 13.3. The van der Waals surface area contributed by atoms with Gasteiger partial charge in [0.05, 0.1) is 6.04 Å². The number of rotatable bonds is 8. The van der Waals surface area contributed by atoms with Crippen molar-refractivity contribution in [1.82, 2.24) is 19.9 Å². The average molecular weight is 402 g/mol. The monoisotopic (exact) mass is 401 g/mol. The summed E-state index contributed by atoms with van der Waals surface area (Å²) in [5.74, 6) is 1.62. The van der Waals surface area contributed by atoms with Crippen molar-refractivity contribution in [2.75, 3.05) is 5.32 Å². The molecule has 1 fully saturated rings. The summed E-state index contributed by atoms with van der Waals surface area (Å²) >= 11 is 0. The van der Waals surface area contributed by atoms with Crippen molar-refractivity contribution in [2.24, 2.45) is 0 Å². The molecular weight excluding hydrogens is 370 g/mol. The third-order valence-electron chi connectivity index (χ3n) is 5.88. The maximum Gasteiger partial charge on any atom is 0.224 e. The molecule has 2 aromatic heterocycles. The fourth-order valence-corrected chi connectivity index (χ4v) is 4.12. The van der Waals surface area contributed by atoms with Crippen LogP contribution in [0, 0.1) is 6.92 Å². The van der Waals surface area contributed by atoms with Gasteiger partial charge in [-0.25, -0.2) is 4.98 Å². The van der Waals surface area contributed by atoms with Crippen LogP contribution in [0.5, 0.6) is 0 Å². The first kappa shape index (κ1) is 20.2. The van der Waals surface area contributed by atoms with Gasteiger partial charge < -0.3 is 15.2 Å². The van der Waals surface area contributed by atoms with E-state index in [1.54, 1.807) is 0 Å². The summed E-state index contributed by atoms with van der Waals surface area (Å²) in [7, 11) is 0. The molecule has 0 aliphatic heterocycles. The summed E-state index contributed by atoms with van der Waals surface area (Å²) in [6.45, 7) is 8.52. The molecule has 3 aromatic rings. The Labute approximate surface area is 179 Å². The fourth-order valence-electron chi connectivity index (χ4n) is 4.12. The van der Waals surface area contributed by atoms with Crippen LogP contribution < -0.4 is 10.6 Å². The molecule has 1 aliphatic rings. The van der Waals surface area contributed by atoms with Crippen molar-refractivity contribution in [1.29, 1.82) is 0 Å². The third-order valence-corrected chi connectivity index (χ3v) is 5.88. The molecule has 1 unspecified atom stereocenters. The molecule has 2 heterocycles. The Balaban J connectivity index is 1.50. The Kier molecular flexibility index (Phi) is 6.17. The lowest BCUT2D eigenvalue weighted by molar-refractivity contribution is 0.614. The molecule has 4 rings (SSSR count). The predicted octanol–water partition coefficient (Wildman–Crippen LogP) is 5.64. The molecule has 0 spiro atoms. The number of hydrogen-bond acceptors (Lipinski definition) is 4. The summed E-state index contributed by atoms with van der Waals surface area (Å²) in [5.41, 5.74) is 4.30. The molecule has 2 N–H and O–H groups in total. The van der Waals surface area contributed by atoms with Gasteiger partial charge in [-0.1, -0.05) is 56.7 Å². The molecular formula is C25H31N5. The number of aromatic nitrogens is 3. The summed E-state index contributed by atoms with van der Waals surface area (Å²) in [4.78, 5) is 9.28. The second kappa shape index (κ2) is 9.16. The van der Waals surface area contributed by atoms with Crippen LogP contribution in [0.15, 0.2) is 61.6 Å². The lowest BCUT2D eigenvalue weighted by Crippen LogP contribution is -2.18. The Morgan fingerprint density at radius 1 is 1.20 bits per heavy atom. The van der Waals surface area contributed by atoms with Crippen LogP contribution in [0.25, 0.3) is 11.5 Å². The normalized spacial score (nSPS) is 15.1. The first-order valence-corrected chi connectivity index (χ1v) is 10.9. The maximum atomic E-state index is 4.79. The van der Waals surface area contributed by atoms with E-state index in [2.05, 4.69) is 70.2 Å². The van der Waals surface area contributed by atoms with E-state index in [1.165, 1.54) is 31.2 Å². The molecule has 30 heavy (non-hydrogen) atoms. The first-order chi connectivity index (χ1) is 14.6. The molecule has 1 saturated carbocycles. The van der Waals surface area contributed by atoms with Crippen molar-refractivity contribution in [2.45, 2.75) is 58.0 Å². The zero-order chi connectivity index (χ0) is 20.9. The van der Waals surface area contributed by atoms with E-state index < -0.39 is 0 Å². The van der Waals surface area contributed by atoms with E-state index in [9.17, 15) is 0 Å². The third kappa shape index (κ3) is 4.56. The molecule has 0 amide bonds. The van der Waals surface area contributed by atoms with E-state index in [1.807, 2.05) is 25.4 Å². The quantitative estimate of drug-likeness (QED) is 0.513. The summed E-state index contributed by atoms with van der Waals surface area (Å²) < 4.78 is 2.06. The van der Waals surface area contributed by atoms with E-state index >= 15 is 0 Å². The number of anilines is 1. The zero-order valence-corrected chi connectivity index (χ0v) is 17.9. The van der Waals surface area contributed by atoms with E-state index in [-0.39, 0.29) is 6.04 Å². The molecule has 1 atom stereocenters. The Hall–Kier alpha value is -3.08. The van der Waals surface area contributed by atoms with Gasteiger partial charge in [0.25, 0.3) is 0 Å². The molecule has 0 saturated heterocycles. The Morgan fingerprint density at radius 3 is 2.70 bits per heavy atom. The minimum atomic E-state index is 0.241. The van der Waals surface area contributed by atoms with Gasteiger partial charge in [0, 0.05) is 41.5 Å². The molecule has 5 heteroatoms. The van der Waals surface area contributed by atoms with Gasteiger partial charge in [-0.3, -0.25) is 0 Å². The van der Waals surface area contributed by atoms with Gasteiger partial charge in [0.2, 0.25) is 5.95 Å². The van der Waals surface area contributed by atoms with Gasteiger partial charge in [-0.05, 0) is 37.8 Å². The second-order valence-electron chi connectivity index (χ2n) is 8.13. The smallest absolute Gasteiger partial charge is 0.224 e. The predicted molar refractivity (Wildman–Crippen MR) is 124 cm³/mol. The van der Waals surface area contributed by atoms with Crippen molar-refractivity contribution >= 4 is 11.6 Å². The highest BCUT2D eigenvalue weighted by atomic mass is 15.2. The van der Waals surface area contributed by atoms with Gasteiger partial charge in [0.1, 0.15) is 5.82 Å². The molecule has 0 radical (unpaired) electrons. The molecule has 5 nitrogen and oxygen atoms in total. The number of aryl methyl sites for hydroxylation is 1. The van der Waals surface area contributed by atoms with Crippen molar-refractivity contribution in [3.63, 3.8) is 0 Å². The minimum Gasteiger partial charge on any atom is -0.378 e.